The highest BCUT2D eigenvalue weighted by molar-refractivity contribution is 6.22. The van der Waals surface area contributed by atoms with Gasteiger partial charge >= 0.3 is 0 Å². The molecule has 0 bridgehead atoms. The Morgan fingerprint density at radius 3 is 1.12 bits per heavy atom. The van der Waals surface area contributed by atoms with Crippen molar-refractivity contribution in [3.63, 3.8) is 0 Å². The van der Waals surface area contributed by atoms with Crippen LogP contribution in [-0.2, 0) is 0 Å². The third-order valence-electron chi connectivity index (χ3n) is 5.93. The first kappa shape index (κ1) is 21.7. The van der Waals surface area contributed by atoms with E-state index in [4.69, 9.17) is 0 Å². The van der Waals surface area contributed by atoms with Crippen LogP contribution in [0, 0.1) is 0 Å². The highest BCUT2D eigenvalue weighted by Gasteiger charge is 2.35. The third kappa shape index (κ3) is 4.26. The normalized spacial score (nSPS) is 15.2. The van der Waals surface area contributed by atoms with Crippen LogP contribution in [0.15, 0.2) is 60.7 Å². The summed E-state index contributed by atoms with van der Waals surface area (Å²) in [5.74, 6) is -0.781. The molecular weight excluding hydrogens is 404 g/mol. The molecule has 2 aromatic rings. The van der Waals surface area contributed by atoms with E-state index in [0.717, 1.165) is 38.5 Å². The topological polar surface area (TPSA) is 74.8 Å². The van der Waals surface area contributed by atoms with Gasteiger partial charge in [0.05, 0.1) is 22.3 Å². The van der Waals surface area contributed by atoms with Crippen molar-refractivity contribution in [3.05, 3.63) is 82.9 Å². The standard InChI is InChI=1S/C26H26N2O4/c29-23-19-13-7-8-14-20(19)24(30)27(23)17-11-5-3-1-2-4-6-12-18-28-25(31)21-15-9-10-16-22(21)26(28)32/h1-2,7-10,13-16H,3-6,11-12,17-18H2/b2-1-. The number of fused-ring (bicyclic) bond motifs is 2. The fraction of sp³-hybridized carbons (Fsp3) is 0.308. The number of imide groups is 2. The molecule has 6 heteroatoms. The Labute approximate surface area is 187 Å². The number of rotatable bonds is 10. The van der Waals surface area contributed by atoms with Gasteiger partial charge in [0.1, 0.15) is 0 Å². The summed E-state index contributed by atoms with van der Waals surface area (Å²) in [4.78, 5) is 52.0. The van der Waals surface area contributed by atoms with Gasteiger partial charge in [0.2, 0.25) is 0 Å². The average Bonchev–Trinajstić information content (AvgIpc) is 3.20. The zero-order valence-electron chi connectivity index (χ0n) is 18.0. The highest BCUT2D eigenvalue weighted by atomic mass is 16.2. The fourth-order valence-corrected chi connectivity index (χ4v) is 4.18. The van der Waals surface area contributed by atoms with Gasteiger partial charge in [0.25, 0.3) is 23.6 Å². The van der Waals surface area contributed by atoms with Gasteiger partial charge in [-0.2, -0.15) is 0 Å². The summed E-state index contributed by atoms with van der Waals surface area (Å²) in [6.07, 6.45) is 9.36. The van der Waals surface area contributed by atoms with Crippen molar-refractivity contribution in [1.29, 1.82) is 0 Å². The van der Waals surface area contributed by atoms with E-state index >= 15 is 0 Å². The third-order valence-corrected chi connectivity index (χ3v) is 5.93. The lowest BCUT2D eigenvalue weighted by atomic mass is 10.1. The highest BCUT2D eigenvalue weighted by Crippen LogP contribution is 2.24. The number of benzene rings is 2. The maximum atomic E-state index is 12.3. The van der Waals surface area contributed by atoms with Gasteiger partial charge in [-0.25, -0.2) is 0 Å². The van der Waals surface area contributed by atoms with Crippen LogP contribution in [0.25, 0.3) is 0 Å². The minimum atomic E-state index is -0.195. The molecule has 6 nitrogen and oxygen atoms in total. The van der Waals surface area contributed by atoms with Gasteiger partial charge in [-0.05, 0) is 62.8 Å². The lowest BCUT2D eigenvalue weighted by Crippen LogP contribution is -2.30. The lowest BCUT2D eigenvalue weighted by Gasteiger charge is -2.13. The van der Waals surface area contributed by atoms with Crippen LogP contribution in [0.2, 0.25) is 0 Å². The summed E-state index contributed by atoms with van der Waals surface area (Å²) < 4.78 is 0. The Hall–Kier alpha value is -3.54. The van der Waals surface area contributed by atoms with Gasteiger partial charge in [0.15, 0.2) is 0 Å². The Morgan fingerprint density at radius 2 is 0.812 bits per heavy atom. The molecule has 0 N–H and O–H groups in total. The molecule has 2 aliphatic heterocycles. The first-order valence-corrected chi connectivity index (χ1v) is 11.1. The maximum absolute atomic E-state index is 12.3. The van der Waals surface area contributed by atoms with E-state index < -0.39 is 0 Å². The smallest absolute Gasteiger partial charge is 0.261 e. The van der Waals surface area contributed by atoms with E-state index in [1.165, 1.54) is 9.80 Å². The number of hydrogen-bond acceptors (Lipinski definition) is 4. The van der Waals surface area contributed by atoms with Crippen molar-refractivity contribution in [2.75, 3.05) is 13.1 Å². The largest absolute Gasteiger partial charge is 0.274 e. The van der Waals surface area contributed by atoms with Gasteiger partial charge in [-0.1, -0.05) is 36.4 Å². The SMILES string of the molecule is O=C1c2ccccc2C(=O)N1CCCC/C=C\CCCCN1C(=O)c2ccccc2C1=O. The molecule has 4 amide bonds. The van der Waals surface area contributed by atoms with Crippen LogP contribution in [0.4, 0.5) is 0 Å². The molecule has 0 saturated carbocycles. The number of carbonyl (C=O) groups excluding carboxylic acids is 4. The van der Waals surface area contributed by atoms with Crippen LogP contribution in [-0.4, -0.2) is 46.5 Å². The van der Waals surface area contributed by atoms with Crippen molar-refractivity contribution in [2.45, 2.75) is 38.5 Å². The van der Waals surface area contributed by atoms with Crippen LogP contribution in [0.3, 0.4) is 0 Å². The van der Waals surface area contributed by atoms with E-state index in [1.54, 1.807) is 48.5 Å². The predicted octanol–water partition coefficient (Wildman–Crippen LogP) is 4.48. The zero-order chi connectivity index (χ0) is 22.5. The molecule has 2 aliphatic rings. The summed E-state index contributed by atoms with van der Waals surface area (Å²) in [5, 5.41) is 0. The first-order chi connectivity index (χ1) is 15.6. The molecule has 0 atom stereocenters. The van der Waals surface area contributed by atoms with Crippen LogP contribution in [0.1, 0.15) is 80.0 Å². The molecule has 4 rings (SSSR count). The van der Waals surface area contributed by atoms with Crippen LogP contribution < -0.4 is 0 Å². The Kier molecular flexibility index (Phi) is 6.59. The number of amides is 4. The fourth-order valence-electron chi connectivity index (χ4n) is 4.18. The minimum Gasteiger partial charge on any atom is -0.274 e. The predicted molar refractivity (Wildman–Crippen MR) is 120 cm³/mol. The monoisotopic (exact) mass is 430 g/mol. The Bertz CT molecular complexity index is 933. The van der Waals surface area contributed by atoms with Crippen molar-refractivity contribution >= 4 is 23.6 Å². The molecule has 0 radical (unpaired) electrons. The number of nitrogens with zero attached hydrogens (tertiary/aromatic N) is 2. The van der Waals surface area contributed by atoms with Gasteiger partial charge in [-0.3, -0.25) is 29.0 Å². The summed E-state index contributed by atoms with van der Waals surface area (Å²) in [6, 6.07) is 13.9. The molecule has 0 saturated heterocycles. The van der Waals surface area contributed by atoms with Crippen molar-refractivity contribution < 1.29 is 19.2 Å². The number of unbranched alkanes of at least 4 members (excludes halogenated alkanes) is 4. The second-order valence-electron chi connectivity index (χ2n) is 8.08. The summed E-state index contributed by atoms with van der Waals surface area (Å²) in [7, 11) is 0. The summed E-state index contributed by atoms with van der Waals surface area (Å²) in [6.45, 7) is 0.890. The van der Waals surface area contributed by atoms with Crippen molar-refractivity contribution in [3.8, 4) is 0 Å². The minimum absolute atomic E-state index is 0.195. The van der Waals surface area contributed by atoms with E-state index in [9.17, 15) is 19.2 Å². The molecule has 164 valence electrons. The summed E-state index contributed by atoms with van der Waals surface area (Å²) >= 11 is 0. The maximum Gasteiger partial charge on any atom is 0.261 e. The number of allylic oxidation sites excluding steroid dienone is 2. The van der Waals surface area contributed by atoms with Crippen LogP contribution >= 0.6 is 0 Å². The Balaban J connectivity index is 1.09. The Morgan fingerprint density at radius 1 is 0.500 bits per heavy atom. The molecule has 0 aromatic heterocycles. The molecular formula is C26H26N2O4. The number of carbonyl (C=O) groups is 4. The molecule has 32 heavy (non-hydrogen) atoms. The van der Waals surface area contributed by atoms with Crippen molar-refractivity contribution in [1.82, 2.24) is 9.80 Å². The van der Waals surface area contributed by atoms with Gasteiger partial charge < -0.3 is 0 Å². The zero-order valence-corrected chi connectivity index (χ0v) is 18.0. The molecule has 0 aliphatic carbocycles. The van der Waals surface area contributed by atoms with E-state index in [0.29, 0.717) is 35.3 Å². The van der Waals surface area contributed by atoms with Crippen LogP contribution in [0.5, 0.6) is 0 Å². The second-order valence-corrected chi connectivity index (χ2v) is 8.08. The van der Waals surface area contributed by atoms with E-state index in [1.807, 2.05) is 0 Å². The van der Waals surface area contributed by atoms with E-state index in [2.05, 4.69) is 12.2 Å². The van der Waals surface area contributed by atoms with E-state index in [-0.39, 0.29) is 23.6 Å². The molecule has 2 heterocycles. The first-order valence-electron chi connectivity index (χ1n) is 11.1. The molecule has 0 spiro atoms. The second kappa shape index (κ2) is 9.73. The summed E-state index contributed by atoms with van der Waals surface area (Å²) in [5.41, 5.74) is 1.99. The number of hydrogen-bond donors (Lipinski definition) is 0. The molecule has 2 aromatic carbocycles. The lowest BCUT2D eigenvalue weighted by molar-refractivity contribution is 0.0636. The van der Waals surface area contributed by atoms with Crippen molar-refractivity contribution in [2.24, 2.45) is 0 Å². The average molecular weight is 431 g/mol. The molecule has 0 unspecified atom stereocenters. The quantitative estimate of drug-likeness (QED) is 0.317. The van der Waals surface area contributed by atoms with Gasteiger partial charge in [-0.15, -0.1) is 0 Å². The molecule has 0 fully saturated rings. The van der Waals surface area contributed by atoms with Gasteiger partial charge in [0, 0.05) is 13.1 Å².